The van der Waals surface area contributed by atoms with Crippen LogP contribution in [-0.2, 0) is 10.0 Å². The second kappa shape index (κ2) is 6.85. The third-order valence-corrected chi connectivity index (χ3v) is 4.21. The number of anilines is 2. The molecule has 0 radical (unpaired) electrons. The predicted octanol–water partition coefficient (Wildman–Crippen LogP) is 0.842. The zero-order valence-corrected chi connectivity index (χ0v) is 13.2. The fourth-order valence-electron chi connectivity index (χ4n) is 1.58. The molecule has 0 bridgehead atoms. The lowest BCUT2D eigenvalue weighted by Gasteiger charge is -2.13. The molecule has 0 unspecified atom stereocenters. The lowest BCUT2D eigenvalue weighted by atomic mass is 10.2. The van der Waals surface area contributed by atoms with Gasteiger partial charge >= 0.3 is 0 Å². The lowest BCUT2D eigenvalue weighted by Crippen LogP contribution is -2.29. The second-order valence-corrected chi connectivity index (χ2v) is 6.77. The highest BCUT2D eigenvalue weighted by atomic mass is 32.2. The SMILES string of the molecule is CCNS(=O)(=O)CCNc1nc(C(C)C)nc(N)c1C. The fraction of sp³-hybridized carbons (Fsp3) is 0.667. The molecule has 20 heavy (non-hydrogen) atoms. The van der Waals surface area contributed by atoms with Gasteiger partial charge in [-0.2, -0.15) is 0 Å². The van der Waals surface area contributed by atoms with Gasteiger partial charge in [-0.3, -0.25) is 0 Å². The zero-order valence-electron chi connectivity index (χ0n) is 12.4. The van der Waals surface area contributed by atoms with Crippen molar-refractivity contribution in [3.8, 4) is 0 Å². The number of nitrogens with zero attached hydrogens (tertiary/aromatic N) is 2. The first kappa shape index (κ1) is 16.6. The van der Waals surface area contributed by atoms with E-state index in [0.717, 1.165) is 5.56 Å². The van der Waals surface area contributed by atoms with E-state index >= 15 is 0 Å². The van der Waals surface area contributed by atoms with E-state index in [0.29, 0.717) is 24.0 Å². The molecule has 0 saturated carbocycles. The van der Waals surface area contributed by atoms with E-state index in [1.165, 1.54) is 0 Å². The zero-order chi connectivity index (χ0) is 15.3. The van der Waals surface area contributed by atoms with Crippen molar-refractivity contribution in [1.82, 2.24) is 14.7 Å². The summed E-state index contributed by atoms with van der Waals surface area (Å²) in [5, 5.41) is 3.01. The third kappa shape index (κ3) is 4.61. The van der Waals surface area contributed by atoms with Crippen LogP contribution in [0.3, 0.4) is 0 Å². The van der Waals surface area contributed by atoms with Gasteiger partial charge in [-0.25, -0.2) is 23.1 Å². The van der Waals surface area contributed by atoms with Crippen LogP contribution in [0.1, 0.15) is 38.1 Å². The van der Waals surface area contributed by atoms with Crippen LogP contribution in [0, 0.1) is 6.92 Å². The molecule has 1 aromatic rings. The van der Waals surface area contributed by atoms with Gasteiger partial charge in [0.15, 0.2) is 0 Å². The predicted molar refractivity (Wildman–Crippen MR) is 81.2 cm³/mol. The van der Waals surface area contributed by atoms with E-state index in [1.54, 1.807) is 13.8 Å². The molecule has 0 atom stereocenters. The van der Waals surface area contributed by atoms with Gasteiger partial charge in [0.1, 0.15) is 17.5 Å². The Kier molecular flexibility index (Phi) is 5.70. The Labute approximate surface area is 120 Å². The topological polar surface area (TPSA) is 110 Å². The minimum atomic E-state index is -3.24. The molecule has 4 N–H and O–H groups in total. The first-order valence-corrected chi connectivity index (χ1v) is 8.27. The van der Waals surface area contributed by atoms with E-state index < -0.39 is 10.0 Å². The van der Waals surface area contributed by atoms with E-state index in [1.807, 2.05) is 13.8 Å². The molecule has 114 valence electrons. The minimum Gasteiger partial charge on any atom is -0.383 e. The van der Waals surface area contributed by atoms with Crippen molar-refractivity contribution in [2.24, 2.45) is 0 Å². The Hall–Kier alpha value is -1.41. The highest BCUT2D eigenvalue weighted by Gasteiger charge is 2.12. The van der Waals surface area contributed by atoms with Gasteiger partial charge in [-0.15, -0.1) is 0 Å². The van der Waals surface area contributed by atoms with Crippen LogP contribution in [0.25, 0.3) is 0 Å². The smallest absolute Gasteiger partial charge is 0.213 e. The average molecular weight is 301 g/mol. The molecule has 0 aliphatic rings. The molecule has 1 aromatic heterocycles. The second-order valence-electron chi connectivity index (χ2n) is 4.84. The standard InChI is InChI=1S/C12H23N5O2S/c1-5-15-20(18,19)7-6-14-12-9(4)10(13)16-11(17-12)8(2)3/h8,15H,5-7H2,1-4H3,(H3,13,14,16,17). The van der Waals surface area contributed by atoms with E-state index in [-0.39, 0.29) is 18.2 Å². The Morgan fingerprint density at radius 1 is 1.30 bits per heavy atom. The van der Waals surface area contributed by atoms with Crippen LogP contribution < -0.4 is 15.8 Å². The lowest BCUT2D eigenvalue weighted by molar-refractivity contribution is 0.584. The molecule has 0 aliphatic carbocycles. The number of nitrogens with one attached hydrogen (secondary N) is 2. The summed E-state index contributed by atoms with van der Waals surface area (Å²) in [7, 11) is -3.24. The van der Waals surface area contributed by atoms with E-state index in [2.05, 4.69) is 20.0 Å². The van der Waals surface area contributed by atoms with Gasteiger partial charge in [0, 0.05) is 24.6 Å². The Bertz CT molecular complexity index is 557. The summed E-state index contributed by atoms with van der Waals surface area (Å²) in [5.74, 6) is 1.80. The number of nitrogen functional groups attached to an aromatic ring is 1. The molecule has 0 aromatic carbocycles. The number of hydrogen-bond donors (Lipinski definition) is 3. The van der Waals surface area contributed by atoms with Crippen molar-refractivity contribution < 1.29 is 8.42 Å². The molecule has 0 amide bonds. The van der Waals surface area contributed by atoms with E-state index in [4.69, 9.17) is 5.73 Å². The molecule has 8 heteroatoms. The molecule has 7 nitrogen and oxygen atoms in total. The summed E-state index contributed by atoms with van der Waals surface area (Å²) >= 11 is 0. The summed E-state index contributed by atoms with van der Waals surface area (Å²) < 4.78 is 25.5. The molecule has 1 rings (SSSR count). The molecule has 0 spiro atoms. The van der Waals surface area contributed by atoms with Gasteiger partial charge in [0.25, 0.3) is 0 Å². The number of rotatable bonds is 7. The summed E-state index contributed by atoms with van der Waals surface area (Å²) in [5.41, 5.74) is 6.57. The summed E-state index contributed by atoms with van der Waals surface area (Å²) in [6.45, 7) is 8.16. The first-order chi connectivity index (χ1) is 9.26. The summed E-state index contributed by atoms with van der Waals surface area (Å²) in [4.78, 5) is 8.60. The maximum Gasteiger partial charge on any atom is 0.213 e. The maximum atomic E-state index is 11.5. The van der Waals surface area contributed by atoms with Crippen molar-refractivity contribution in [3.05, 3.63) is 11.4 Å². The van der Waals surface area contributed by atoms with Crippen LogP contribution in [0.5, 0.6) is 0 Å². The molecule has 0 fully saturated rings. The summed E-state index contributed by atoms with van der Waals surface area (Å²) in [6, 6.07) is 0. The van der Waals surface area contributed by atoms with Crippen molar-refractivity contribution in [2.45, 2.75) is 33.6 Å². The quantitative estimate of drug-likeness (QED) is 0.688. The Balaban J connectivity index is 2.78. The molecule has 1 heterocycles. The van der Waals surface area contributed by atoms with Crippen LogP contribution in [0.15, 0.2) is 0 Å². The van der Waals surface area contributed by atoms with Crippen molar-refractivity contribution in [1.29, 1.82) is 0 Å². The first-order valence-electron chi connectivity index (χ1n) is 6.62. The van der Waals surface area contributed by atoms with Crippen LogP contribution in [0.4, 0.5) is 11.6 Å². The maximum absolute atomic E-state index is 11.5. The van der Waals surface area contributed by atoms with Crippen molar-refractivity contribution in [2.75, 3.05) is 29.9 Å². The number of hydrogen-bond acceptors (Lipinski definition) is 6. The highest BCUT2D eigenvalue weighted by molar-refractivity contribution is 7.89. The highest BCUT2D eigenvalue weighted by Crippen LogP contribution is 2.20. The average Bonchev–Trinajstić information content (AvgIpc) is 2.33. The Morgan fingerprint density at radius 3 is 2.50 bits per heavy atom. The fourth-order valence-corrected chi connectivity index (χ4v) is 2.53. The largest absolute Gasteiger partial charge is 0.383 e. The number of nitrogens with two attached hydrogens (primary N) is 1. The number of aromatic nitrogens is 2. The van der Waals surface area contributed by atoms with Gasteiger partial charge in [-0.05, 0) is 6.92 Å². The van der Waals surface area contributed by atoms with Crippen LogP contribution in [0.2, 0.25) is 0 Å². The van der Waals surface area contributed by atoms with Crippen molar-refractivity contribution >= 4 is 21.7 Å². The summed E-state index contributed by atoms with van der Waals surface area (Å²) in [6.07, 6.45) is 0. The van der Waals surface area contributed by atoms with Gasteiger partial charge in [0.05, 0.1) is 5.75 Å². The Morgan fingerprint density at radius 2 is 1.95 bits per heavy atom. The van der Waals surface area contributed by atoms with Crippen molar-refractivity contribution in [3.63, 3.8) is 0 Å². The third-order valence-electron chi connectivity index (χ3n) is 2.74. The van der Waals surface area contributed by atoms with Gasteiger partial charge in [0.2, 0.25) is 10.0 Å². The normalized spacial score (nSPS) is 11.8. The minimum absolute atomic E-state index is 0.0127. The molecular weight excluding hydrogens is 278 g/mol. The van der Waals surface area contributed by atoms with Crippen LogP contribution >= 0.6 is 0 Å². The molecular formula is C12H23N5O2S. The van der Waals surface area contributed by atoms with Crippen LogP contribution in [-0.4, -0.2) is 37.2 Å². The number of sulfonamides is 1. The van der Waals surface area contributed by atoms with Gasteiger partial charge < -0.3 is 11.1 Å². The monoisotopic (exact) mass is 301 g/mol. The van der Waals surface area contributed by atoms with Gasteiger partial charge in [-0.1, -0.05) is 20.8 Å². The molecule has 0 saturated heterocycles. The molecule has 0 aliphatic heterocycles. The van der Waals surface area contributed by atoms with E-state index in [9.17, 15) is 8.42 Å².